The van der Waals surface area contributed by atoms with Gasteiger partial charge in [0.1, 0.15) is 34.5 Å². The Morgan fingerprint density at radius 2 is 0.833 bits per heavy atom. The van der Waals surface area contributed by atoms with Gasteiger partial charge in [-0.25, -0.2) is 0 Å². The molecule has 0 bridgehead atoms. The molecule has 0 aliphatic heterocycles. The summed E-state index contributed by atoms with van der Waals surface area (Å²) in [4.78, 5) is 0. The van der Waals surface area contributed by atoms with E-state index in [2.05, 4.69) is 0 Å². The van der Waals surface area contributed by atoms with Crippen molar-refractivity contribution >= 4 is 53.9 Å². The monoisotopic (exact) mass is 480 g/mol. The zero-order chi connectivity index (χ0) is 25.1. The van der Waals surface area contributed by atoms with Crippen molar-refractivity contribution in [3.05, 3.63) is 60.7 Å². The molecule has 0 fully saturated rings. The van der Waals surface area contributed by atoms with Crippen molar-refractivity contribution in [2.45, 2.75) is 0 Å². The second kappa shape index (κ2) is 7.99. The fourth-order valence-corrected chi connectivity index (χ4v) is 5.45. The predicted molar refractivity (Wildman–Crippen MR) is 144 cm³/mol. The van der Waals surface area contributed by atoms with Gasteiger partial charge in [0.15, 0.2) is 0 Å². The van der Waals surface area contributed by atoms with Crippen LogP contribution in [-0.2, 0) is 0 Å². The molecule has 180 valence electrons. The average molecular weight is 481 g/mol. The number of rotatable bonds is 4. The van der Waals surface area contributed by atoms with E-state index in [9.17, 15) is 10.2 Å². The molecule has 0 saturated carbocycles. The molecule has 0 aliphatic rings. The summed E-state index contributed by atoms with van der Waals surface area (Å²) in [7, 11) is 6.45. The van der Waals surface area contributed by atoms with E-state index in [1.165, 1.54) is 0 Å². The summed E-state index contributed by atoms with van der Waals surface area (Å²) in [6.45, 7) is 0. The van der Waals surface area contributed by atoms with Gasteiger partial charge in [0.2, 0.25) is 0 Å². The van der Waals surface area contributed by atoms with E-state index in [-0.39, 0.29) is 11.5 Å². The molecule has 0 radical (unpaired) electrons. The maximum absolute atomic E-state index is 11.1. The van der Waals surface area contributed by atoms with Gasteiger partial charge >= 0.3 is 0 Å². The molecule has 2 N–H and O–H groups in total. The number of phenolic OH excluding ortho intramolecular Hbond substituents is 2. The first-order valence-electron chi connectivity index (χ1n) is 11.4. The van der Waals surface area contributed by atoms with Crippen LogP contribution >= 0.6 is 0 Å². The quantitative estimate of drug-likeness (QED) is 0.267. The van der Waals surface area contributed by atoms with Crippen LogP contribution in [0.2, 0.25) is 0 Å². The molecule has 0 heterocycles. The third-order valence-electron chi connectivity index (χ3n) is 7.01. The van der Waals surface area contributed by atoms with E-state index in [1.54, 1.807) is 52.7 Å². The van der Waals surface area contributed by atoms with Gasteiger partial charge in [0.05, 0.1) is 28.4 Å². The topological polar surface area (TPSA) is 77.4 Å². The van der Waals surface area contributed by atoms with Gasteiger partial charge in [-0.2, -0.15) is 0 Å². The number of fused-ring (bicyclic) bond motifs is 9. The fourth-order valence-electron chi connectivity index (χ4n) is 5.45. The highest BCUT2D eigenvalue weighted by molar-refractivity contribution is 6.35. The molecule has 0 unspecified atom stereocenters. The maximum atomic E-state index is 11.1. The lowest BCUT2D eigenvalue weighted by atomic mass is 9.89. The summed E-state index contributed by atoms with van der Waals surface area (Å²) in [6, 6.07) is 18.5. The van der Waals surface area contributed by atoms with Crippen LogP contribution in [-0.4, -0.2) is 38.7 Å². The van der Waals surface area contributed by atoms with Gasteiger partial charge < -0.3 is 29.2 Å². The molecule has 36 heavy (non-hydrogen) atoms. The van der Waals surface area contributed by atoms with Gasteiger partial charge in [-0.1, -0.05) is 12.1 Å². The van der Waals surface area contributed by atoms with Gasteiger partial charge in [-0.3, -0.25) is 0 Å². The van der Waals surface area contributed by atoms with E-state index in [0.717, 1.165) is 43.1 Å². The Morgan fingerprint density at radius 3 is 1.22 bits per heavy atom. The molecule has 0 spiro atoms. The highest BCUT2D eigenvalue weighted by Crippen LogP contribution is 2.50. The lowest BCUT2D eigenvalue weighted by molar-refractivity contribution is 0.414. The summed E-state index contributed by atoms with van der Waals surface area (Å²) in [6.07, 6.45) is 0. The lowest BCUT2D eigenvalue weighted by Gasteiger charge is -2.19. The highest BCUT2D eigenvalue weighted by atomic mass is 16.5. The molecule has 0 saturated heterocycles. The standard InChI is InChI=1S/C30H24O6/c1-33-22-11-9-20(31)27-18(22)13-24(35-3)16-7-5-15-6-8-17-25(36-4)14-19-23(34-2)12-10-21(32)28(19)30(17)26(15)29(16)27/h5-14,31-32H,1-4H3. The number of phenols is 2. The van der Waals surface area contributed by atoms with Gasteiger partial charge in [0.25, 0.3) is 0 Å². The Morgan fingerprint density at radius 1 is 0.417 bits per heavy atom. The Hall–Kier alpha value is -4.58. The number of hydrogen-bond acceptors (Lipinski definition) is 6. The summed E-state index contributed by atoms with van der Waals surface area (Å²) < 4.78 is 22.9. The third-order valence-corrected chi connectivity index (χ3v) is 7.01. The molecule has 0 atom stereocenters. The first-order valence-corrected chi connectivity index (χ1v) is 11.4. The third kappa shape index (κ3) is 2.84. The van der Waals surface area contributed by atoms with E-state index >= 15 is 0 Å². The summed E-state index contributed by atoms with van der Waals surface area (Å²) in [5.41, 5.74) is 0. The number of ether oxygens (including phenoxy) is 4. The van der Waals surface area contributed by atoms with E-state index < -0.39 is 0 Å². The summed E-state index contributed by atoms with van der Waals surface area (Å²) in [5.74, 6) is 2.77. The highest BCUT2D eigenvalue weighted by Gasteiger charge is 2.21. The molecule has 0 aromatic heterocycles. The van der Waals surface area contributed by atoms with Crippen molar-refractivity contribution in [3.8, 4) is 34.5 Å². The zero-order valence-corrected chi connectivity index (χ0v) is 20.3. The van der Waals surface area contributed by atoms with Crippen molar-refractivity contribution in [1.29, 1.82) is 0 Å². The minimum Gasteiger partial charge on any atom is -0.507 e. The van der Waals surface area contributed by atoms with Crippen molar-refractivity contribution in [2.75, 3.05) is 28.4 Å². The van der Waals surface area contributed by atoms with Crippen molar-refractivity contribution in [3.63, 3.8) is 0 Å². The summed E-state index contributed by atoms with van der Waals surface area (Å²) >= 11 is 0. The van der Waals surface area contributed by atoms with Gasteiger partial charge in [-0.15, -0.1) is 0 Å². The normalized spacial score (nSPS) is 11.6. The van der Waals surface area contributed by atoms with Gasteiger partial charge in [-0.05, 0) is 59.3 Å². The van der Waals surface area contributed by atoms with E-state index in [0.29, 0.717) is 33.8 Å². The number of methoxy groups -OCH3 is 4. The number of benzene rings is 6. The van der Waals surface area contributed by atoms with Crippen LogP contribution in [0.1, 0.15) is 0 Å². The molecule has 0 amide bonds. The summed E-state index contributed by atoms with van der Waals surface area (Å²) in [5, 5.41) is 30.0. The Balaban J connectivity index is 2.04. The van der Waals surface area contributed by atoms with Gasteiger partial charge in [0, 0.05) is 43.1 Å². The molecule has 6 rings (SSSR count). The van der Waals surface area contributed by atoms with Crippen LogP contribution in [0, 0.1) is 0 Å². The van der Waals surface area contributed by atoms with Crippen molar-refractivity contribution < 1.29 is 29.2 Å². The average Bonchev–Trinajstić information content (AvgIpc) is 2.91. The molecule has 0 aliphatic carbocycles. The maximum Gasteiger partial charge on any atom is 0.127 e. The second-order valence-corrected chi connectivity index (χ2v) is 8.65. The van der Waals surface area contributed by atoms with Crippen LogP contribution in [0.15, 0.2) is 60.7 Å². The van der Waals surface area contributed by atoms with Crippen molar-refractivity contribution in [1.82, 2.24) is 0 Å². The number of aromatic hydroxyl groups is 2. The number of hydrogen-bond donors (Lipinski definition) is 2. The molecule has 6 aromatic rings. The smallest absolute Gasteiger partial charge is 0.127 e. The molecular weight excluding hydrogens is 456 g/mol. The van der Waals surface area contributed by atoms with Crippen molar-refractivity contribution in [2.24, 2.45) is 0 Å². The first-order chi connectivity index (χ1) is 17.5. The Labute approximate surface area is 206 Å². The SMILES string of the molecule is COc1ccc(O)c2c1cc(OC)c1ccc3ccc4c(OC)cc5c(OC)ccc(O)c5c4c3c12. The Kier molecular flexibility index (Phi) is 4.86. The van der Waals surface area contributed by atoms with Crippen LogP contribution in [0.4, 0.5) is 0 Å². The fraction of sp³-hybridized carbons (Fsp3) is 0.133. The first kappa shape index (κ1) is 21.9. The van der Waals surface area contributed by atoms with Crippen LogP contribution in [0.25, 0.3) is 53.9 Å². The minimum absolute atomic E-state index is 0.122. The molecular formula is C30H24O6. The van der Waals surface area contributed by atoms with Crippen LogP contribution in [0.3, 0.4) is 0 Å². The van der Waals surface area contributed by atoms with Crippen LogP contribution < -0.4 is 18.9 Å². The predicted octanol–water partition coefficient (Wildman–Crippen LogP) is 6.90. The van der Waals surface area contributed by atoms with E-state index in [4.69, 9.17) is 18.9 Å². The second-order valence-electron chi connectivity index (χ2n) is 8.65. The van der Waals surface area contributed by atoms with Crippen LogP contribution in [0.5, 0.6) is 34.5 Å². The Bertz CT molecular complexity index is 1720. The molecule has 6 aromatic carbocycles. The zero-order valence-electron chi connectivity index (χ0n) is 20.3. The lowest BCUT2D eigenvalue weighted by Crippen LogP contribution is -1.94. The largest absolute Gasteiger partial charge is 0.507 e. The molecule has 6 heteroatoms. The molecule has 6 nitrogen and oxygen atoms in total. The van der Waals surface area contributed by atoms with E-state index in [1.807, 2.05) is 36.4 Å². The minimum atomic E-state index is 0.122.